The minimum atomic E-state index is -0.949. The number of hydrogen-bond donors (Lipinski definition) is 1. The van der Waals surface area contributed by atoms with Crippen LogP contribution in [-0.2, 0) is 17.8 Å². The Morgan fingerprint density at radius 1 is 1.29 bits per heavy atom. The molecular weight excluding hydrogens is 292 g/mol. The van der Waals surface area contributed by atoms with Crippen LogP contribution in [0.25, 0.3) is 0 Å². The van der Waals surface area contributed by atoms with Gasteiger partial charge in [-0.25, -0.2) is 4.79 Å². The van der Waals surface area contributed by atoms with E-state index in [-0.39, 0.29) is 0 Å². The van der Waals surface area contributed by atoms with Crippen molar-refractivity contribution < 1.29 is 19.4 Å². The van der Waals surface area contributed by atoms with Gasteiger partial charge in [0.15, 0.2) is 6.10 Å². The Balaban J connectivity index is 1.67. The van der Waals surface area contributed by atoms with Crippen molar-refractivity contribution in [2.75, 3.05) is 0 Å². The zero-order valence-electron chi connectivity index (χ0n) is 11.1. The molecule has 2 aromatic rings. The van der Waals surface area contributed by atoms with E-state index in [1.807, 2.05) is 36.4 Å². The van der Waals surface area contributed by atoms with Gasteiger partial charge in [-0.2, -0.15) is 0 Å². The highest BCUT2D eigenvalue weighted by Crippen LogP contribution is 2.32. The second-order valence-electron chi connectivity index (χ2n) is 4.83. The van der Waals surface area contributed by atoms with Gasteiger partial charge >= 0.3 is 5.97 Å². The van der Waals surface area contributed by atoms with Gasteiger partial charge in [0.2, 0.25) is 0 Å². The molecule has 108 valence electrons. The van der Waals surface area contributed by atoms with Gasteiger partial charge in [0.25, 0.3) is 0 Å². The number of aliphatic carboxylic acids is 1. The summed E-state index contributed by atoms with van der Waals surface area (Å²) in [6, 6.07) is 12.8. The fraction of sp³-hybridized carbons (Fsp3) is 0.188. The van der Waals surface area contributed by atoms with Gasteiger partial charge in [-0.05, 0) is 29.3 Å². The normalized spacial score (nSPS) is 16.1. The number of ether oxygens (including phenoxy) is 2. The molecule has 1 atom stereocenters. The number of fused-ring (bicyclic) bond motifs is 1. The zero-order valence-corrected chi connectivity index (χ0v) is 11.8. The van der Waals surface area contributed by atoms with Crippen LogP contribution in [0.4, 0.5) is 0 Å². The second kappa shape index (κ2) is 5.66. The summed E-state index contributed by atoms with van der Waals surface area (Å²) in [4.78, 5) is 10.9. The van der Waals surface area contributed by atoms with E-state index < -0.39 is 12.1 Å². The Kier molecular flexibility index (Phi) is 3.71. The number of carboxylic acids is 1. The molecule has 0 aliphatic carbocycles. The topological polar surface area (TPSA) is 55.8 Å². The summed E-state index contributed by atoms with van der Waals surface area (Å²) >= 11 is 5.83. The van der Waals surface area contributed by atoms with Gasteiger partial charge in [-0.3, -0.25) is 0 Å². The summed E-state index contributed by atoms with van der Waals surface area (Å²) in [6.07, 6.45) is -0.409. The molecule has 0 aromatic heterocycles. The Bertz CT molecular complexity index is 666. The third-order valence-electron chi connectivity index (χ3n) is 3.31. The highest BCUT2D eigenvalue weighted by molar-refractivity contribution is 6.30. The molecule has 0 amide bonds. The Hall–Kier alpha value is -2.20. The number of benzene rings is 2. The number of hydrogen-bond acceptors (Lipinski definition) is 3. The highest BCUT2D eigenvalue weighted by atomic mass is 35.5. The van der Waals surface area contributed by atoms with Crippen LogP contribution in [0.1, 0.15) is 11.1 Å². The fourth-order valence-electron chi connectivity index (χ4n) is 2.18. The van der Waals surface area contributed by atoms with Crippen LogP contribution < -0.4 is 9.47 Å². The summed E-state index contributed by atoms with van der Waals surface area (Å²) in [7, 11) is 0. The third kappa shape index (κ3) is 3.11. The SMILES string of the molecule is O=C(O)C1Cc2ccc(OCc3ccc(Cl)cc3)cc2O1. The predicted octanol–water partition coefficient (Wildman–Crippen LogP) is 3.31. The van der Waals surface area contributed by atoms with Gasteiger partial charge in [-0.15, -0.1) is 0 Å². The maximum atomic E-state index is 10.9. The van der Waals surface area contributed by atoms with Crippen molar-refractivity contribution in [1.82, 2.24) is 0 Å². The maximum absolute atomic E-state index is 10.9. The molecule has 5 heteroatoms. The fourth-order valence-corrected chi connectivity index (χ4v) is 2.31. The lowest BCUT2D eigenvalue weighted by Gasteiger charge is -2.08. The van der Waals surface area contributed by atoms with Gasteiger partial charge in [0, 0.05) is 17.5 Å². The maximum Gasteiger partial charge on any atom is 0.345 e. The third-order valence-corrected chi connectivity index (χ3v) is 3.56. The molecule has 0 bridgehead atoms. The molecule has 1 aliphatic heterocycles. The predicted molar refractivity (Wildman–Crippen MR) is 78.0 cm³/mol. The quantitative estimate of drug-likeness (QED) is 0.941. The van der Waals surface area contributed by atoms with Crippen LogP contribution in [0.3, 0.4) is 0 Å². The molecule has 1 unspecified atom stereocenters. The van der Waals surface area contributed by atoms with E-state index in [4.69, 9.17) is 26.2 Å². The second-order valence-corrected chi connectivity index (χ2v) is 5.27. The Morgan fingerprint density at radius 2 is 2.05 bits per heavy atom. The largest absolute Gasteiger partial charge is 0.489 e. The van der Waals surface area contributed by atoms with Crippen molar-refractivity contribution in [2.45, 2.75) is 19.1 Å². The first-order chi connectivity index (χ1) is 10.1. The lowest BCUT2D eigenvalue weighted by Crippen LogP contribution is -2.24. The molecular formula is C16H13ClO4. The van der Waals surface area contributed by atoms with Gasteiger partial charge in [0.05, 0.1) is 0 Å². The van der Waals surface area contributed by atoms with E-state index in [9.17, 15) is 4.79 Å². The van der Waals surface area contributed by atoms with E-state index in [0.717, 1.165) is 11.1 Å². The summed E-state index contributed by atoms with van der Waals surface area (Å²) in [5.74, 6) is 0.278. The lowest BCUT2D eigenvalue weighted by molar-refractivity contribution is -0.144. The van der Waals surface area contributed by atoms with E-state index in [1.54, 1.807) is 6.07 Å². The first-order valence-corrected chi connectivity index (χ1v) is 6.89. The molecule has 0 radical (unpaired) electrons. The number of carboxylic acid groups (broad SMARTS) is 1. The summed E-state index contributed by atoms with van der Waals surface area (Å²) < 4.78 is 11.1. The number of carbonyl (C=O) groups is 1. The molecule has 21 heavy (non-hydrogen) atoms. The number of halogens is 1. The molecule has 1 N–H and O–H groups in total. The van der Waals surface area contributed by atoms with Crippen LogP contribution in [0.15, 0.2) is 42.5 Å². The van der Waals surface area contributed by atoms with E-state index >= 15 is 0 Å². The molecule has 1 aliphatic rings. The summed E-state index contributed by atoms with van der Waals surface area (Å²) in [5, 5.41) is 9.65. The van der Waals surface area contributed by atoms with Crippen LogP contribution >= 0.6 is 11.6 Å². The molecule has 3 rings (SSSR count). The Labute approximate surface area is 126 Å². The van der Waals surface area contributed by atoms with Gasteiger partial charge in [0.1, 0.15) is 18.1 Å². The van der Waals surface area contributed by atoms with Crippen molar-refractivity contribution in [3.05, 3.63) is 58.6 Å². The van der Waals surface area contributed by atoms with Crippen molar-refractivity contribution in [2.24, 2.45) is 0 Å². The molecule has 0 saturated carbocycles. The van der Waals surface area contributed by atoms with Crippen LogP contribution in [-0.4, -0.2) is 17.2 Å². The molecule has 0 fully saturated rings. The van der Waals surface area contributed by atoms with Crippen LogP contribution in [0.2, 0.25) is 5.02 Å². The van der Waals surface area contributed by atoms with E-state index in [0.29, 0.717) is 29.5 Å². The average Bonchev–Trinajstić information content (AvgIpc) is 2.90. The van der Waals surface area contributed by atoms with Crippen molar-refractivity contribution in [3.63, 3.8) is 0 Å². The van der Waals surface area contributed by atoms with Crippen molar-refractivity contribution >= 4 is 17.6 Å². The average molecular weight is 305 g/mol. The first-order valence-electron chi connectivity index (χ1n) is 6.51. The standard InChI is InChI=1S/C16H13ClO4/c17-12-4-1-10(2-5-12)9-20-13-6-3-11-7-15(16(18)19)21-14(11)8-13/h1-6,8,15H,7,9H2,(H,18,19). The van der Waals surface area contributed by atoms with Gasteiger partial charge < -0.3 is 14.6 Å². The minimum absolute atomic E-state index is 0.391. The van der Waals surface area contributed by atoms with Gasteiger partial charge in [-0.1, -0.05) is 29.8 Å². The monoisotopic (exact) mass is 304 g/mol. The Morgan fingerprint density at radius 3 is 2.76 bits per heavy atom. The molecule has 4 nitrogen and oxygen atoms in total. The molecule has 0 saturated heterocycles. The number of rotatable bonds is 4. The summed E-state index contributed by atoms with van der Waals surface area (Å²) in [6.45, 7) is 0.415. The zero-order chi connectivity index (χ0) is 14.8. The molecule has 2 aromatic carbocycles. The highest BCUT2D eigenvalue weighted by Gasteiger charge is 2.28. The van der Waals surface area contributed by atoms with E-state index in [1.165, 1.54) is 0 Å². The van der Waals surface area contributed by atoms with Crippen LogP contribution in [0, 0.1) is 0 Å². The van der Waals surface area contributed by atoms with Crippen molar-refractivity contribution in [1.29, 1.82) is 0 Å². The molecule has 1 heterocycles. The van der Waals surface area contributed by atoms with Crippen molar-refractivity contribution in [3.8, 4) is 11.5 Å². The first kappa shape index (κ1) is 13.8. The van der Waals surface area contributed by atoms with E-state index in [2.05, 4.69) is 0 Å². The lowest BCUT2D eigenvalue weighted by atomic mass is 10.1. The van der Waals surface area contributed by atoms with Crippen LogP contribution in [0.5, 0.6) is 11.5 Å². The molecule has 0 spiro atoms. The minimum Gasteiger partial charge on any atom is -0.489 e. The smallest absolute Gasteiger partial charge is 0.345 e. The summed E-state index contributed by atoms with van der Waals surface area (Å²) in [5.41, 5.74) is 1.89.